The minimum atomic E-state index is -3.56. The van der Waals surface area contributed by atoms with Crippen molar-refractivity contribution in [1.82, 2.24) is 9.62 Å². The van der Waals surface area contributed by atoms with Gasteiger partial charge in [-0.25, -0.2) is 13.1 Å². The van der Waals surface area contributed by atoms with Crippen LogP contribution in [0, 0.1) is 0 Å². The first-order chi connectivity index (χ1) is 10.4. The Labute approximate surface area is 130 Å². The maximum Gasteiger partial charge on any atom is 0.253 e. The third-order valence-corrected chi connectivity index (χ3v) is 4.68. The Morgan fingerprint density at radius 1 is 1.09 bits per heavy atom. The summed E-state index contributed by atoms with van der Waals surface area (Å²) in [6.07, 6.45) is 0. The Hall–Kier alpha value is -2.18. The van der Waals surface area contributed by atoms with Crippen molar-refractivity contribution in [3.05, 3.63) is 65.7 Å². The van der Waals surface area contributed by atoms with E-state index in [2.05, 4.69) is 4.72 Å². The van der Waals surface area contributed by atoms with Gasteiger partial charge in [0.05, 0.1) is 4.90 Å². The van der Waals surface area contributed by atoms with Crippen LogP contribution in [0.5, 0.6) is 0 Å². The number of hydrogen-bond donors (Lipinski definition) is 1. The van der Waals surface area contributed by atoms with Crippen LogP contribution in [0.1, 0.15) is 15.9 Å². The molecule has 0 unspecified atom stereocenters. The fraction of sp³-hybridized carbons (Fsp3) is 0.188. The van der Waals surface area contributed by atoms with Gasteiger partial charge in [-0.1, -0.05) is 36.4 Å². The Kier molecular flexibility index (Phi) is 4.95. The van der Waals surface area contributed by atoms with E-state index in [1.54, 1.807) is 24.1 Å². The average Bonchev–Trinajstić information content (AvgIpc) is 2.55. The lowest BCUT2D eigenvalue weighted by molar-refractivity contribution is 0.0785. The number of carbonyl (C=O) groups excluding carboxylic acids is 1. The van der Waals surface area contributed by atoms with Crippen molar-refractivity contribution >= 4 is 15.9 Å². The second kappa shape index (κ2) is 6.72. The van der Waals surface area contributed by atoms with Crippen molar-refractivity contribution in [3.63, 3.8) is 0 Å². The highest BCUT2D eigenvalue weighted by molar-refractivity contribution is 7.89. The molecule has 2 aromatic rings. The van der Waals surface area contributed by atoms with Crippen molar-refractivity contribution in [3.8, 4) is 0 Å². The molecule has 0 saturated carbocycles. The van der Waals surface area contributed by atoms with E-state index in [0.717, 1.165) is 5.56 Å². The molecule has 0 spiro atoms. The second-order valence-electron chi connectivity index (χ2n) is 4.88. The molecule has 0 atom stereocenters. The Balaban J connectivity index is 2.21. The van der Waals surface area contributed by atoms with Gasteiger partial charge in [0.15, 0.2) is 0 Å². The van der Waals surface area contributed by atoms with Gasteiger partial charge in [0.2, 0.25) is 10.0 Å². The highest BCUT2D eigenvalue weighted by Gasteiger charge is 2.16. The maximum absolute atomic E-state index is 12.4. The van der Waals surface area contributed by atoms with Gasteiger partial charge in [0.25, 0.3) is 5.91 Å². The van der Waals surface area contributed by atoms with Crippen LogP contribution in [0.25, 0.3) is 0 Å². The van der Waals surface area contributed by atoms with Crippen LogP contribution in [0.3, 0.4) is 0 Å². The molecule has 0 radical (unpaired) electrons. The highest BCUT2D eigenvalue weighted by Crippen LogP contribution is 2.14. The zero-order valence-corrected chi connectivity index (χ0v) is 13.3. The average molecular weight is 318 g/mol. The van der Waals surface area contributed by atoms with Crippen LogP contribution in [-0.2, 0) is 16.6 Å². The summed E-state index contributed by atoms with van der Waals surface area (Å²) in [5.41, 5.74) is 1.35. The Bertz CT molecular complexity index is 758. The highest BCUT2D eigenvalue weighted by atomic mass is 32.2. The molecule has 0 bridgehead atoms. The van der Waals surface area contributed by atoms with Gasteiger partial charge in [-0.15, -0.1) is 0 Å². The molecular formula is C16H18N2O3S. The third-order valence-electron chi connectivity index (χ3n) is 3.27. The van der Waals surface area contributed by atoms with Crippen molar-refractivity contribution in [2.24, 2.45) is 0 Å². The molecule has 1 N–H and O–H groups in total. The first-order valence-electron chi connectivity index (χ1n) is 6.77. The van der Waals surface area contributed by atoms with E-state index in [1.165, 1.54) is 19.2 Å². The molecule has 0 saturated heterocycles. The van der Waals surface area contributed by atoms with Gasteiger partial charge in [-0.05, 0) is 30.8 Å². The second-order valence-corrected chi connectivity index (χ2v) is 6.77. The number of amides is 1. The summed E-state index contributed by atoms with van der Waals surface area (Å²) < 4.78 is 25.8. The van der Waals surface area contributed by atoms with E-state index < -0.39 is 10.0 Å². The summed E-state index contributed by atoms with van der Waals surface area (Å²) in [5, 5.41) is 0. The van der Waals surface area contributed by atoms with Crippen molar-refractivity contribution in [2.45, 2.75) is 11.4 Å². The molecule has 116 valence electrons. The number of nitrogens with one attached hydrogen (secondary N) is 1. The number of rotatable bonds is 5. The molecular weight excluding hydrogens is 300 g/mol. The molecule has 0 heterocycles. The minimum Gasteiger partial charge on any atom is -0.337 e. The van der Waals surface area contributed by atoms with Crippen LogP contribution < -0.4 is 4.72 Å². The Morgan fingerprint density at radius 3 is 2.41 bits per heavy atom. The van der Waals surface area contributed by atoms with Crippen molar-refractivity contribution < 1.29 is 13.2 Å². The topological polar surface area (TPSA) is 66.5 Å². The molecule has 0 fully saturated rings. The molecule has 22 heavy (non-hydrogen) atoms. The summed E-state index contributed by atoms with van der Waals surface area (Å²) in [6, 6.07) is 15.6. The number of hydrogen-bond acceptors (Lipinski definition) is 3. The fourth-order valence-corrected chi connectivity index (χ4v) is 2.84. The van der Waals surface area contributed by atoms with Gasteiger partial charge in [0, 0.05) is 19.2 Å². The van der Waals surface area contributed by atoms with Gasteiger partial charge in [-0.2, -0.15) is 0 Å². The van der Waals surface area contributed by atoms with Gasteiger partial charge in [-0.3, -0.25) is 4.79 Å². The zero-order chi connectivity index (χ0) is 16.2. The largest absolute Gasteiger partial charge is 0.337 e. The predicted molar refractivity (Wildman–Crippen MR) is 84.9 cm³/mol. The first kappa shape index (κ1) is 16.2. The quantitative estimate of drug-likeness (QED) is 0.915. The fourth-order valence-electron chi connectivity index (χ4n) is 2.06. The van der Waals surface area contributed by atoms with E-state index in [9.17, 15) is 13.2 Å². The molecule has 0 aromatic heterocycles. The lowest BCUT2D eigenvalue weighted by Gasteiger charge is -2.17. The molecule has 0 aliphatic heterocycles. The van der Waals surface area contributed by atoms with E-state index in [4.69, 9.17) is 0 Å². The van der Waals surface area contributed by atoms with Crippen LogP contribution in [-0.4, -0.2) is 33.3 Å². The monoisotopic (exact) mass is 318 g/mol. The summed E-state index contributed by atoms with van der Waals surface area (Å²) in [7, 11) is -0.532. The zero-order valence-electron chi connectivity index (χ0n) is 12.5. The number of nitrogens with zero attached hydrogens (tertiary/aromatic N) is 1. The smallest absolute Gasteiger partial charge is 0.253 e. The molecule has 0 aliphatic rings. The lowest BCUT2D eigenvalue weighted by atomic mass is 10.1. The predicted octanol–water partition coefficient (Wildman–Crippen LogP) is 1.87. The molecule has 1 amide bonds. The Morgan fingerprint density at radius 2 is 1.77 bits per heavy atom. The van der Waals surface area contributed by atoms with Crippen LogP contribution >= 0.6 is 0 Å². The molecule has 5 nitrogen and oxygen atoms in total. The molecule has 0 aliphatic carbocycles. The summed E-state index contributed by atoms with van der Waals surface area (Å²) in [4.78, 5) is 14.1. The number of carbonyl (C=O) groups is 1. The minimum absolute atomic E-state index is 0.0777. The van der Waals surface area contributed by atoms with E-state index in [1.807, 2.05) is 30.3 Å². The summed E-state index contributed by atoms with van der Waals surface area (Å²) in [6.45, 7) is 0.461. The van der Waals surface area contributed by atoms with Gasteiger partial charge < -0.3 is 4.90 Å². The van der Waals surface area contributed by atoms with Gasteiger partial charge >= 0.3 is 0 Å². The van der Waals surface area contributed by atoms with E-state index in [-0.39, 0.29) is 10.8 Å². The first-order valence-corrected chi connectivity index (χ1v) is 8.25. The molecule has 6 heteroatoms. The lowest BCUT2D eigenvalue weighted by Crippen LogP contribution is -2.26. The number of benzene rings is 2. The van der Waals surface area contributed by atoms with E-state index in [0.29, 0.717) is 12.1 Å². The normalized spacial score (nSPS) is 11.2. The number of sulfonamides is 1. The molecule has 2 aromatic carbocycles. The standard InChI is InChI=1S/C16H18N2O3S/c1-17-22(20,21)15-10-6-9-14(11-15)16(19)18(2)12-13-7-4-3-5-8-13/h3-11,17H,12H2,1-2H3. The van der Waals surface area contributed by atoms with Crippen molar-refractivity contribution in [2.75, 3.05) is 14.1 Å². The van der Waals surface area contributed by atoms with Crippen LogP contribution in [0.15, 0.2) is 59.5 Å². The van der Waals surface area contributed by atoms with Crippen molar-refractivity contribution in [1.29, 1.82) is 0 Å². The molecule has 2 rings (SSSR count). The van der Waals surface area contributed by atoms with Crippen LogP contribution in [0.2, 0.25) is 0 Å². The van der Waals surface area contributed by atoms with Crippen LogP contribution in [0.4, 0.5) is 0 Å². The third kappa shape index (κ3) is 3.72. The maximum atomic E-state index is 12.4. The van der Waals surface area contributed by atoms with Gasteiger partial charge in [0.1, 0.15) is 0 Å². The summed E-state index contributed by atoms with van der Waals surface area (Å²) >= 11 is 0. The summed E-state index contributed by atoms with van der Waals surface area (Å²) in [5.74, 6) is -0.225. The SMILES string of the molecule is CNS(=O)(=O)c1cccc(C(=O)N(C)Cc2ccccc2)c1. The van der Waals surface area contributed by atoms with E-state index >= 15 is 0 Å².